The van der Waals surface area contributed by atoms with E-state index in [0.717, 1.165) is 46.2 Å². The minimum atomic E-state index is -1.47. The molecule has 3 aromatic carbocycles. The van der Waals surface area contributed by atoms with Gasteiger partial charge in [-0.25, -0.2) is 4.39 Å². The van der Waals surface area contributed by atoms with E-state index in [1.807, 2.05) is 63.2 Å². The Bertz CT molecular complexity index is 1450. The van der Waals surface area contributed by atoms with Crippen molar-refractivity contribution in [2.75, 3.05) is 7.11 Å². The lowest BCUT2D eigenvalue weighted by Gasteiger charge is -2.31. The van der Waals surface area contributed by atoms with Crippen molar-refractivity contribution in [3.63, 3.8) is 0 Å². The number of hydrogen-bond donors (Lipinski definition) is 0. The average Bonchev–Trinajstić information content (AvgIpc) is 2.98. The molecule has 5 heteroatoms. The number of benzene rings is 3. The lowest BCUT2D eigenvalue weighted by Crippen LogP contribution is -2.39. The third-order valence-electron chi connectivity index (χ3n) is 7.42. The molecule has 0 aliphatic heterocycles. The van der Waals surface area contributed by atoms with Crippen LogP contribution in [0.4, 0.5) is 4.39 Å². The molecule has 3 rings (SSSR count). The van der Waals surface area contributed by atoms with Gasteiger partial charge >= 0.3 is 0 Å². The maximum absolute atomic E-state index is 15.4. The number of methoxy groups -OCH3 is 1. The second kappa shape index (κ2) is 16.7. The second-order valence-corrected chi connectivity index (χ2v) is 11.3. The molecule has 0 saturated carbocycles. The zero-order valence-corrected chi connectivity index (χ0v) is 27.4. The van der Waals surface area contributed by atoms with Crippen LogP contribution in [0.15, 0.2) is 54.6 Å². The summed E-state index contributed by atoms with van der Waals surface area (Å²) in [7, 11) is 1.60. The third kappa shape index (κ3) is 9.29. The molecule has 0 fully saturated rings. The van der Waals surface area contributed by atoms with Crippen LogP contribution in [0.25, 0.3) is 22.8 Å². The summed E-state index contributed by atoms with van der Waals surface area (Å²) < 4.78 is 27.1. The molecule has 0 aliphatic rings. The molecule has 2 unspecified atom stereocenters. The first kappa shape index (κ1) is 35.3. The van der Waals surface area contributed by atoms with Crippen molar-refractivity contribution in [1.29, 1.82) is 5.26 Å². The van der Waals surface area contributed by atoms with E-state index in [9.17, 15) is 10.1 Å². The molecule has 0 bridgehead atoms. The van der Waals surface area contributed by atoms with Crippen molar-refractivity contribution in [3.05, 3.63) is 82.4 Å². The lowest BCUT2D eigenvalue weighted by molar-refractivity contribution is 0.00944. The quantitative estimate of drug-likeness (QED) is 0.157. The largest absolute Gasteiger partial charge is 0.496 e. The van der Waals surface area contributed by atoms with Gasteiger partial charge in [-0.05, 0) is 86.6 Å². The van der Waals surface area contributed by atoms with E-state index in [-0.39, 0.29) is 5.78 Å². The lowest BCUT2D eigenvalue weighted by atomic mass is 9.92. The summed E-state index contributed by atoms with van der Waals surface area (Å²) >= 11 is 0. The molecule has 43 heavy (non-hydrogen) atoms. The van der Waals surface area contributed by atoms with E-state index < -0.39 is 11.8 Å². The predicted molar refractivity (Wildman–Crippen MR) is 178 cm³/mol. The summed E-state index contributed by atoms with van der Waals surface area (Å²) in [4.78, 5) is 11.8. The number of ether oxygens (including phenoxy) is 2. The Labute approximate surface area is 258 Å². The van der Waals surface area contributed by atoms with Crippen LogP contribution in [-0.2, 0) is 0 Å². The first-order chi connectivity index (χ1) is 20.5. The first-order valence-electron chi connectivity index (χ1n) is 15.3. The van der Waals surface area contributed by atoms with Crippen LogP contribution in [0.1, 0.15) is 113 Å². The average molecular weight is 586 g/mol. The highest BCUT2D eigenvalue weighted by Crippen LogP contribution is 2.35. The van der Waals surface area contributed by atoms with Crippen LogP contribution in [0.5, 0.6) is 11.5 Å². The zero-order chi connectivity index (χ0) is 32.2. The number of rotatable bonds is 12. The topological polar surface area (TPSA) is 59.3 Å². The van der Waals surface area contributed by atoms with E-state index in [0.29, 0.717) is 35.5 Å². The van der Waals surface area contributed by atoms with Gasteiger partial charge in [-0.1, -0.05) is 89.4 Å². The van der Waals surface area contributed by atoms with Gasteiger partial charge in [0, 0.05) is 11.1 Å². The van der Waals surface area contributed by atoms with Gasteiger partial charge in [-0.2, -0.15) is 5.26 Å². The van der Waals surface area contributed by atoms with Gasteiger partial charge in [0.25, 0.3) is 0 Å². The number of nitriles is 1. The highest BCUT2D eigenvalue weighted by Gasteiger charge is 2.35. The van der Waals surface area contributed by atoms with E-state index in [1.165, 1.54) is 13.3 Å². The fourth-order valence-corrected chi connectivity index (χ4v) is 5.11. The fraction of sp³-hybridized carbons (Fsp3) is 0.421. The predicted octanol–water partition coefficient (Wildman–Crippen LogP) is 10.8. The maximum atomic E-state index is 15.4. The summed E-state index contributed by atoms with van der Waals surface area (Å²) in [5.41, 5.74) is 5.40. The zero-order valence-electron chi connectivity index (χ0n) is 27.4. The first-order valence-corrected chi connectivity index (χ1v) is 15.3. The number of nitrogens with zero attached hydrogens (tertiary/aromatic N) is 1. The van der Waals surface area contributed by atoms with Crippen LogP contribution in [0, 0.1) is 18.3 Å². The van der Waals surface area contributed by atoms with E-state index >= 15 is 4.39 Å². The molecule has 0 heterocycles. The summed E-state index contributed by atoms with van der Waals surface area (Å²) in [6, 6.07) is 19.3. The van der Waals surface area contributed by atoms with E-state index in [4.69, 9.17) is 9.47 Å². The van der Waals surface area contributed by atoms with Gasteiger partial charge in [-0.3, -0.25) is 4.79 Å². The Morgan fingerprint density at radius 1 is 1.02 bits per heavy atom. The molecule has 0 amide bonds. The molecule has 0 saturated heterocycles. The molecule has 0 radical (unpaired) electrons. The number of alkyl halides is 1. The number of halogens is 1. The number of carbonyl (C=O) groups is 1. The normalized spacial score (nSPS) is 13.2. The van der Waals surface area contributed by atoms with Gasteiger partial charge in [0.1, 0.15) is 29.3 Å². The van der Waals surface area contributed by atoms with Crippen LogP contribution >= 0.6 is 0 Å². The summed E-state index contributed by atoms with van der Waals surface area (Å²) in [6.45, 7) is 15.4. The summed E-state index contributed by atoms with van der Waals surface area (Å²) in [5, 5.41) is 9.94. The molecule has 230 valence electrons. The van der Waals surface area contributed by atoms with Gasteiger partial charge in [0.15, 0.2) is 5.78 Å². The second-order valence-electron chi connectivity index (χ2n) is 11.3. The van der Waals surface area contributed by atoms with Crippen molar-refractivity contribution in [1.82, 2.24) is 0 Å². The minimum absolute atomic E-state index is 0.0104. The Balaban J connectivity index is 0.00000206. The Morgan fingerprint density at radius 3 is 2.30 bits per heavy atom. The molecule has 0 aliphatic carbocycles. The molecular formula is C38H48FNO3. The highest BCUT2D eigenvalue weighted by atomic mass is 19.1. The Kier molecular flexibility index (Phi) is 13.7. The third-order valence-corrected chi connectivity index (χ3v) is 7.42. The minimum Gasteiger partial charge on any atom is -0.496 e. The number of ketones is 1. The summed E-state index contributed by atoms with van der Waals surface area (Å²) in [6.07, 6.45) is 5.23. The van der Waals surface area contributed by atoms with E-state index in [2.05, 4.69) is 32.9 Å². The smallest absolute Gasteiger partial charge is 0.159 e. The molecule has 4 nitrogen and oxygen atoms in total. The molecule has 0 spiro atoms. The van der Waals surface area contributed by atoms with Gasteiger partial charge in [0.05, 0.1) is 12.7 Å². The number of allylic oxidation sites excluding steroid dienone is 1. The number of carbonyl (C=O) groups excluding carboxylic acids is 1. The standard InChI is InChI=1S/C35H40FNO3.C3H8/c1-8-11-34(35(6,36)18-9-2)40-32-17-15-28(20-29(32)22-37)31-13-10-12-26(24(31)4)19-23(3)30-16-14-27(25(5)38)21-33(30)39-7;1-3-2/h10,12-17,19-21,34H,8-9,11,18H2,1-7H3;3H2,1-2H3/b23-19+;. The van der Waals surface area contributed by atoms with Crippen molar-refractivity contribution in [2.24, 2.45) is 0 Å². The van der Waals surface area contributed by atoms with Crippen molar-refractivity contribution < 1.29 is 18.7 Å². The van der Waals surface area contributed by atoms with Crippen LogP contribution in [0.3, 0.4) is 0 Å². The molecule has 0 N–H and O–H groups in total. The number of hydrogen-bond acceptors (Lipinski definition) is 4. The van der Waals surface area contributed by atoms with Crippen molar-refractivity contribution in [2.45, 2.75) is 99.3 Å². The van der Waals surface area contributed by atoms with Gasteiger partial charge in [0.2, 0.25) is 0 Å². The Morgan fingerprint density at radius 2 is 1.72 bits per heavy atom. The highest BCUT2D eigenvalue weighted by molar-refractivity contribution is 5.95. The van der Waals surface area contributed by atoms with Gasteiger partial charge < -0.3 is 9.47 Å². The van der Waals surface area contributed by atoms with Crippen molar-refractivity contribution >= 4 is 17.4 Å². The Hall–Kier alpha value is -3.91. The molecule has 3 aromatic rings. The van der Waals surface area contributed by atoms with Crippen molar-refractivity contribution in [3.8, 4) is 28.7 Å². The molecular weight excluding hydrogens is 537 g/mol. The monoisotopic (exact) mass is 585 g/mol. The summed E-state index contributed by atoms with van der Waals surface area (Å²) in [5.74, 6) is 1.05. The fourth-order valence-electron chi connectivity index (χ4n) is 5.11. The molecule has 0 aromatic heterocycles. The SMILES string of the molecule is CCC.CCCC(Oc1ccc(-c2cccc(/C=C(\C)c3ccc(C(C)=O)cc3OC)c2C)cc1C#N)C(C)(F)CCC. The molecule has 2 atom stereocenters. The van der Waals surface area contributed by atoms with Crippen LogP contribution in [-0.4, -0.2) is 24.7 Å². The van der Waals surface area contributed by atoms with E-state index in [1.54, 1.807) is 26.2 Å². The maximum Gasteiger partial charge on any atom is 0.159 e. The van der Waals surface area contributed by atoms with Crippen LogP contribution < -0.4 is 9.47 Å². The number of Topliss-reactive ketones (excluding diaryl/α,β-unsaturated/α-hetero) is 1. The van der Waals surface area contributed by atoms with Crippen LogP contribution in [0.2, 0.25) is 0 Å². The van der Waals surface area contributed by atoms with Gasteiger partial charge in [-0.15, -0.1) is 0 Å².